The maximum Gasteiger partial charge on any atom is 0.243 e. The van der Waals surface area contributed by atoms with E-state index < -0.39 is 20.0 Å². The summed E-state index contributed by atoms with van der Waals surface area (Å²) in [4.78, 5) is 0.364. The second-order valence-corrected chi connectivity index (χ2v) is 12.4. The van der Waals surface area contributed by atoms with Crippen LogP contribution in [0.1, 0.15) is 0 Å². The standard InChI is InChI=1S/C26H26N2O6S2/c1-33-23-7-3-21-17-25(9-5-19(21)15-23)35(29,30)27-11-13-28(14-12-27)36(31,32)26-10-6-20-16-24(34-2)8-4-22(20)18-26/h3-10,15-18H,11-14H2,1-2H3. The number of ether oxygens (including phenoxy) is 2. The molecule has 0 amide bonds. The molecule has 4 aromatic rings. The molecule has 0 atom stereocenters. The van der Waals surface area contributed by atoms with Crippen LogP contribution in [0.4, 0.5) is 0 Å². The first-order valence-electron chi connectivity index (χ1n) is 11.4. The third-order valence-electron chi connectivity index (χ3n) is 6.51. The van der Waals surface area contributed by atoms with E-state index in [4.69, 9.17) is 9.47 Å². The van der Waals surface area contributed by atoms with Crippen LogP contribution in [-0.2, 0) is 20.0 Å². The van der Waals surface area contributed by atoms with Crippen molar-refractivity contribution in [2.24, 2.45) is 0 Å². The van der Waals surface area contributed by atoms with Crippen LogP contribution in [0.5, 0.6) is 11.5 Å². The molecule has 0 aliphatic carbocycles. The first kappa shape index (κ1) is 24.5. The number of nitrogens with zero attached hydrogens (tertiary/aromatic N) is 2. The van der Waals surface area contributed by atoms with Crippen molar-refractivity contribution in [2.45, 2.75) is 9.79 Å². The average molecular weight is 527 g/mol. The van der Waals surface area contributed by atoms with E-state index in [1.54, 1.807) is 62.8 Å². The minimum absolute atomic E-state index is 0.0764. The Morgan fingerprint density at radius 2 is 0.861 bits per heavy atom. The Balaban J connectivity index is 1.34. The van der Waals surface area contributed by atoms with Crippen LogP contribution in [0.15, 0.2) is 82.6 Å². The highest BCUT2D eigenvalue weighted by Gasteiger charge is 2.34. The molecule has 188 valence electrons. The van der Waals surface area contributed by atoms with E-state index in [0.29, 0.717) is 11.5 Å². The molecule has 1 fully saturated rings. The highest BCUT2D eigenvalue weighted by Crippen LogP contribution is 2.28. The molecule has 1 heterocycles. The summed E-state index contributed by atoms with van der Waals surface area (Å²) in [6, 6.07) is 20.8. The van der Waals surface area contributed by atoms with Crippen molar-refractivity contribution in [3.8, 4) is 11.5 Å². The SMILES string of the molecule is COc1ccc2cc(S(=O)(=O)N3CCN(S(=O)(=O)c4ccc5cc(OC)ccc5c4)CC3)ccc2c1. The van der Waals surface area contributed by atoms with Gasteiger partial charge in [0.05, 0.1) is 24.0 Å². The molecular formula is C26H26N2O6S2. The Kier molecular flexibility index (Phi) is 6.37. The van der Waals surface area contributed by atoms with E-state index >= 15 is 0 Å². The number of benzene rings is 4. The molecule has 36 heavy (non-hydrogen) atoms. The van der Waals surface area contributed by atoms with Crippen LogP contribution in [0.2, 0.25) is 0 Å². The lowest BCUT2D eigenvalue weighted by Gasteiger charge is -2.33. The Hall–Kier alpha value is -3.18. The predicted molar refractivity (Wildman–Crippen MR) is 139 cm³/mol. The minimum Gasteiger partial charge on any atom is -0.497 e. The number of piperazine rings is 1. The highest BCUT2D eigenvalue weighted by molar-refractivity contribution is 7.89. The van der Waals surface area contributed by atoms with E-state index in [2.05, 4.69) is 0 Å². The normalized spacial score (nSPS) is 15.8. The molecule has 1 aliphatic heterocycles. The van der Waals surface area contributed by atoms with E-state index in [-0.39, 0.29) is 36.0 Å². The Morgan fingerprint density at radius 3 is 1.22 bits per heavy atom. The summed E-state index contributed by atoms with van der Waals surface area (Å²) in [5.74, 6) is 1.39. The Labute approximate surface area is 210 Å². The van der Waals surface area contributed by atoms with Crippen molar-refractivity contribution in [2.75, 3.05) is 40.4 Å². The summed E-state index contributed by atoms with van der Waals surface area (Å²) in [5, 5.41) is 3.31. The van der Waals surface area contributed by atoms with Gasteiger partial charge in [-0.05, 0) is 70.1 Å². The molecule has 5 rings (SSSR count). The molecule has 0 unspecified atom stereocenters. The van der Waals surface area contributed by atoms with Crippen LogP contribution in [0.25, 0.3) is 21.5 Å². The van der Waals surface area contributed by atoms with Crippen molar-refractivity contribution < 1.29 is 26.3 Å². The lowest BCUT2D eigenvalue weighted by molar-refractivity contribution is 0.273. The zero-order valence-electron chi connectivity index (χ0n) is 19.9. The second kappa shape index (κ2) is 9.36. The summed E-state index contributed by atoms with van der Waals surface area (Å²) in [6.45, 7) is 0.306. The first-order chi connectivity index (χ1) is 17.2. The molecule has 0 aromatic heterocycles. The first-order valence-corrected chi connectivity index (χ1v) is 14.3. The van der Waals surface area contributed by atoms with Gasteiger partial charge in [0.15, 0.2) is 0 Å². The third-order valence-corrected chi connectivity index (χ3v) is 10.3. The molecule has 0 saturated carbocycles. The molecule has 8 nitrogen and oxygen atoms in total. The molecule has 0 radical (unpaired) electrons. The van der Waals surface area contributed by atoms with E-state index in [0.717, 1.165) is 21.5 Å². The third kappa shape index (κ3) is 4.41. The lowest BCUT2D eigenvalue weighted by Crippen LogP contribution is -2.50. The summed E-state index contributed by atoms with van der Waals surface area (Å²) >= 11 is 0. The zero-order chi connectivity index (χ0) is 25.5. The molecule has 10 heteroatoms. The zero-order valence-corrected chi connectivity index (χ0v) is 21.6. The van der Waals surface area contributed by atoms with E-state index in [9.17, 15) is 16.8 Å². The number of hydrogen-bond acceptors (Lipinski definition) is 6. The van der Waals surface area contributed by atoms with Gasteiger partial charge < -0.3 is 9.47 Å². The van der Waals surface area contributed by atoms with Gasteiger partial charge in [0.25, 0.3) is 0 Å². The summed E-state index contributed by atoms with van der Waals surface area (Å²) in [6.07, 6.45) is 0. The topological polar surface area (TPSA) is 93.2 Å². The quantitative estimate of drug-likeness (QED) is 0.380. The van der Waals surface area contributed by atoms with Gasteiger partial charge in [-0.2, -0.15) is 8.61 Å². The smallest absolute Gasteiger partial charge is 0.243 e. The fraction of sp³-hybridized carbons (Fsp3) is 0.231. The van der Waals surface area contributed by atoms with Crippen molar-refractivity contribution >= 4 is 41.6 Å². The van der Waals surface area contributed by atoms with Crippen LogP contribution in [0, 0.1) is 0 Å². The minimum atomic E-state index is -3.77. The highest BCUT2D eigenvalue weighted by atomic mass is 32.2. The maximum atomic E-state index is 13.3. The van der Waals surface area contributed by atoms with Crippen molar-refractivity contribution in [1.29, 1.82) is 0 Å². The van der Waals surface area contributed by atoms with Gasteiger partial charge in [-0.1, -0.05) is 24.3 Å². The van der Waals surface area contributed by atoms with Gasteiger partial charge in [-0.15, -0.1) is 0 Å². The lowest BCUT2D eigenvalue weighted by atomic mass is 10.1. The molecule has 0 N–H and O–H groups in total. The summed E-state index contributed by atoms with van der Waals surface area (Å²) in [5.41, 5.74) is 0. The van der Waals surface area contributed by atoms with Gasteiger partial charge in [-0.3, -0.25) is 0 Å². The second-order valence-electron chi connectivity index (χ2n) is 8.56. The monoisotopic (exact) mass is 526 g/mol. The maximum absolute atomic E-state index is 13.3. The number of fused-ring (bicyclic) bond motifs is 2. The number of hydrogen-bond donors (Lipinski definition) is 0. The van der Waals surface area contributed by atoms with Gasteiger partial charge in [-0.25, -0.2) is 16.8 Å². The van der Waals surface area contributed by atoms with Gasteiger partial charge >= 0.3 is 0 Å². The molecule has 4 aromatic carbocycles. The molecule has 1 saturated heterocycles. The van der Waals surface area contributed by atoms with E-state index in [1.807, 2.05) is 24.3 Å². The molecule has 0 bridgehead atoms. The summed E-state index contributed by atoms with van der Waals surface area (Å²) < 4.78 is 66.4. The number of sulfonamides is 2. The molecule has 1 aliphatic rings. The number of rotatable bonds is 6. The van der Waals surface area contributed by atoms with Crippen molar-refractivity contribution in [1.82, 2.24) is 8.61 Å². The van der Waals surface area contributed by atoms with Gasteiger partial charge in [0, 0.05) is 26.2 Å². The van der Waals surface area contributed by atoms with Crippen LogP contribution in [0.3, 0.4) is 0 Å². The van der Waals surface area contributed by atoms with Crippen LogP contribution < -0.4 is 9.47 Å². The van der Waals surface area contributed by atoms with Crippen LogP contribution >= 0.6 is 0 Å². The molecular weight excluding hydrogens is 500 g/mol. The fourth-order valence-corrected chi connectivity index (χ4v) is 7.34. The molecule has 0 spiro atoms. The van der Waals surface area contributed by atoms with Crippen LogP contribution in [-0.4, -0.2) is 65.8 Å². The van der Waals surface area contributed by atoms with Gasteiger partial charge in [0.1, 0.15) is 11.5 Å². The van der Waals surface area contributed by atoms with Crippen molar-refractivity contribution in [3.05, 3.63) is 72.8 Å². The Morgan fingerprint density at radius 1 is 0.528 bits per heavy atom. The Bertz CT molecular complexity index is 1540. The largest absolute Gasteiger partial charge is 0.497 e. The summed E-state index contributed by atoms with van der Waals surface area (Å²) in [7, 11) is -4.38. The van der Waals surface area contributed by atoms with Gasteiger partial charge in [0.2, 0.25) is 20.0 Å². The average Bonchev–Trinajstić information content (AvgIpc) is 2.91. The fourth-order valence-electron chi connectivity index (χ4n) is 4.43. The predicted octanol–water partition coefficient (Wildman–Crippen LogP) is 3.71. The van der Waals surface area contributed by atoms with Crippen molar-refractivity contribution in [3.63, 3.8) is 0 Å². The van der Waals surface area contributed by atoms with E-state index in [1.165, 1.54) is 8.61 Å². The number of methoxy groups -OCH3 is 2.